The highest BCUT2D eigenvalue weighted by atomic mass is 16.5. The fourth-order valence-electron chi connectivity index (χ4n) is 2.28. The molecule has 0 bridgehead atoms. The highest BCUT2D eigenvalue weighted by molar-refractivity contribution is 5.75. The Morgan fingerprint density at radius 2 is 2.25 bits per heavy atom. The topological polar surface area (TPSA) is 52.3 Å². The van der Waals surface area contributed by atoms with Crippen molar-refractivity contribution in [3.8, 4) is 0 Å². The third-order valence-electron chi connectivity index (χ3n) is 3.34. The first kappa shape index (κ1) is 13.5. The molecular formula is C13H25NO2. The zero-order valence-corrected chi connectivity index (χ0v) is 10.6. The smallest absolute Gasteiger partial charge is 0.323 e. The number of unbranched alkanes of at least 4 members (excludes halogenated alkanes) is 1. The Labute approximate surface area is 98.7 Å². The van der Waals surface area contributed by atoms with E-state index in [2.05, 4.69) is 13.8 Å². The lowest BCUT2D eigenvalue weighted by molar-refractivity contribution is -0.153. The number of nitrogens with two attached hydrogens (primary N) is 1. The first-order valence-electron chi connectivity index (χ1n) is 6.59. The molecule has 16 heavy (non-hydrogen) atoms. The van der Waals surface area contributed by atoms with Crippen molar-refractivity contribution in [1.29, 1.82) is 0 Å². The number of ether oxygens (including phenoxy) is 1. The minimum atomic E-state index is -0.419. The Morgan fingerprint density at radius 3 is 2.88 bits per heavy atom. The van der Waals surface area contributed by atoms with Crippen LogP contribution in [0, 0.1) is 5.92 Å². The number of esters is 1. The standard InChI is InChI=1S/C13H25NO2/c1-3-4-8-12(14)13(15)16-11-7-5-6-10(2)9-11/h10-12H,3-9,14H2,1-2H3/t10?,11?,12-/m0/s1. The summed E-state index contributed by atoms with van der Waals surface area (Å²) in [5.74, 6) is 0.478. The van der Waals surface area contributed by atoms with Gasteiger partial charge in [-0.05, 0) is 31.6 Å². The maximum absolute atomic E-state index is 11.7. The molecule has 0 aliphatic heterocycles. The number of carbonyl (C=O) groups is 1. The van der Waals surface area contributed by atoms with Crippen LogP contribution >= 0.6 is 0 Å². The molecular weight excluding hydrogens is 202 g/mol. The number of rotatable bonds is 5. The van der Waals surface area contributed by atoms with Crippen LogP contribution in [-0.2, 0) is 9.53 Å². The molecule has 0 aromatic carbocycles. The Hall–Kier alpha value is -0.570. The van der Waals surface area contributed by atoms with Crippen LogP contribution in [0.1, 0.15) is 58.8 Å². The van der Waals surface area contributed by atoms with Crippen molar-refractivity contribution >= 4 is 5.97 Å². The van der Waals surface area contributed by atoms with Crippen molar-refractivity contribution in [2.45, 2.75) is 70.9 Å². The van der Waals surface area contributed by atoms with Gasteiger partial charge in [0.2, 0.25) is 0 Å². The molecule has 0 heterocycles. The maximum Gasteiger partial charge on any atom is 0.323 e. The molecule has 3 nitrogen and oxygen atoms in total. The minimum absolute atomic E-state index is 0.115. The molecule has 2 unspecified atom stereocenters. The molecule has 2 N–H and O–H groups in total. The number of hydrogen-bond donors (Lipinski definition) is 1. The van der Waals surface area contributed by atoms with Gasteiger partial charge >= 0.3 is 5.97 Å². The van der Waals surface area contributed by atoms with Gasteiger partial charge in [0.1, 0.15) is 12.1 Å². The molecule has 0 spiro atoms. The summed E-state index contributed by atoms with van der Waals surface area (Å²) in [5, 5.41) is 0. The molecule has 3 atom stereocenters. The summed E-state index contributed by atoms with van der Waals surface area (Å²) in [6.07, 6.45) is 7.38. The lowest BCUT2D eigenvalue weighted by Gasteiger charge is -2.27. The van der Waals surface area contributed by atoms with Gasteiger partial charge in [-0.1, -0.05) is 33.1 Å². The van der Waals surface area contributed by atoms with Crippen LogP contribution in [0.3, 0.4) is 0 Å². The highest BCUT2D eigenvalue weighted by Crippen LogP contribution is 2.26. The minimum Gasteiger partial charge on any atom is -0.461 e. The first-order valence-corrected chi connectivity index (χ1v) is 6.59. The van der Waals surface area contributed by atoms with E-state index < -0.39 is 6.04 Å². The molecule has 0 saturated heterocycles. The largest absolute Gasteiger partial charge is 0.461 e. The van der Waals surface area contributed by atoms with Crippen molar-refractivity contribution in [3.05, 3.63) is 0 Å². The second kappa shape index (κ2) is 6.89. The van der Waals surface area contributed by atoms with Gasteiger partial charge in [0, 0.05) is 0 Å². The predicted molar refractivity (Wildman–Crippen MR) is 65.0 cm³/mol. The van der Waals surface area contributed by atoms with E-state index in [1.807, 2.05) is 0 Å². The number of carbonyl (C=O) groups excluding carboxylic acids is 1. The molecule has 3 heteroatoms. The third kappa shape index (κ3) is 4.52. The summed E-state index contributed by atoms with van der Waals surface area (Å²) in [4.78, 5) is 11.7. The summed E-state index contributed by atoms with van der Waals surface area (Å²) >= 11 is 0. The normalized spacial score (nSPS) is 27.4. The van der Waals surface area contributed by atoms with Gasteiger partial charge in [0.25, 0.3) is 0 Å². The zero-order valence-electron chi connectivity index (χ0n) is 10.6. The van der Waals surface area contributed by atoms with E-state index in [0.29, 0.717) is 5.92 Å². The van der Waals surface area contributed by atoms with Gasteiger partial charge in [-0.2, -0.15) is 0 Å². The van der Waals surface area contributed by atoms with E-state index in [-0.39, 0.29) is 12.1 Å². The van der Waals surface area contributed by atoms with Crippen molar-refractivity contribution in [3.63, 3.8) is 0 Å². The Bertz CT molecular complexity index is 218. The summed E-state index contributed by atoms with van der Waals surface area (Å²) in [7, 11) is 0. The van der Waals surface area contributed by atoms with Gasteiger partial charge < -0.3 is 10.5 Å². The summed E-state index contributed by atoms with van der Waals surface area (Å²) < 4.78 is 5.46. The van der Waals surface area contributed by atoms with Crippen molar-refractivity contribution in [1.82, 2.24) is 0 Å². The average Bonchev–Trinajstić information content (AvgIpc) is 2.25. The van der Waals surface area contributed by atoms with E-state index in [1.54, 1.807) is 0 Å². The number of hydrogen-bond acceptors (Lipinski definition) is 3. The van der Waals surface area contributed by atoms with Crippen molar-refractivity contribution in [2.75, 3.05) is 0 Å². The van der Waals surface area contributed by atoms with Crippen molar-refractivity contribution in [2.24, 2.45) is 11.7 Å². The molecule has 0 radical (unpaired) electrons. The zero-order chi connectivity index (χ0) is 12.0. The summed E-state index contributed by atoms with van der Waals surface area (Å²) in [5.41, 5.74) is 5.78. The van der Waals surface area contributed by atoms with Crippen LogP contribution in [-0.4, -0.2) is 18.1 Å². The van der Waals surface area contributed by atoms with Crippen LogP contribution in [0.25, 0.3) is 0 Å². The summed E-state index contributed by atoms with van der Waals surface area (Å²) in [6, 6.07) is -0.419. The third-order valence-corrected chi connectivity index (χ3v) is 3.34. The quantitative estimate of drug-likeness (QED) is 0.735. The van der Waals surface area contributed by atoms with Gasteiger partial charge in [0.15, 0.2) is 0 Å². The molecule has 94 valence electrons. The Balaban J connectivity index is 2.26. The highest BCUT2D eigenvalue weighted by Gasteiger charge is 2.24. The second-order valence-electron chi connectivity index (χ2n) is 5.08. The van der Waals surface area contributed by atoms with Gasteiger partial charge in [0.05, 0.1) is 0 Å². The van der Waals surface area contributed by atoms with E-state index in [4.69, 9.17) is 10.5 Å². The maximum atomic E-state index is 11.7. The lowest BCUT2D eigenvalue weighted by Crippen LogP contribution is -2.36. The molecule has 1 saturated carbocycles. The molecule has 0 aromatic rings. The molecule has 0 amide bonds. The average molecular weight is 227 g/mol. The van der Waals surface area contributed by atoms with E-state index in [1.165, 1.54) is 12.8 Å². The SMILES string of the molecule is CCCC[C@H](N)C(=O)OC1CCCC(C)C1. The predicted octanol–water partition coefficient (Wildman–Crippen LogP) is 2.63. The van der Waals surface area contributed by atoms with Gasteiger partial charge in [-0.15, -0.1) is 0 Å². The monoisotopic (exact) mass is 227 g/mol. The van der Waals surface area contributed by atoms with E-state index >= 15 is 0 Å². The Kier molecular flexibility index (Phi) is 5.81. The molecule has 1 aliphatic carbocycles. The van der Waals surface area contributed by atoms with Crippen LogP contribution < -0.4 is 5.73 Å². The fourth-order valence-corrected chi connectivity index (χ4v) is 2.28. The molecule has 1 fully saturated rings. The van der Waals surface area contributed by atoms with Crippen LogP contribution in [0.4, 0.5) is 0 Å². The first-order chi connectivity index (χ1) is 7.63. The fraction of sp³-hybridized carbons (Fsp3) is 0.923. The molecule has 1 rings (SSSR count). The molecule has 1 aliphatic rings. The van der Waals surface area contributed by atoms with Gasteiger partial charge in [-0.3, -0.25) is 4.79 Å². The van der Waals surface area contributed by atoms with Crippen LogP contribution in [0.5, 0.6) is 0 Å². The molecule has 0 aromatic heterocycles. The van der Waals surface area contributed by atoms with Crippen LogP contribution in [0.2, 0.25) is 0 Å². The Morgan fingerprint density at radius 1 is 1.50 bits per heavy atom. The van der Waals surface area contributed by atoms with Gasteiger partial charge in [-0.25, -0.2) is 0 Å². The van der Waals surface area contributed by atoms with Crippen molar-refractivity contribution < 1.29 is 9.53 Å². The van der Waals surface area contributed by atoms with E-state index in [0.717, 1.165) is 32.1 Å². The van der Waals surface area contributed by atoms with Crippen LogP contribution in [0.15, 0.2) is 0 Å². The summed E-state index contributed by atoms with van der Waals surface area (Å²) in [6.45, 7) is 4.32. The van der Waals surface area contributed by atoms with E-state index in [9.17, 15) is 4.79 Å². The second-order valence-corrected chi connectivity index (χ2v) is 5.08. The lowest BCUT2D eigenvalue weighted by atomic mass is 9.89.